The molecule has 5 nitrogen and oxygen atoms in total. The predicted octanol–water partition coefficient (Wildman–Crippen LogP) is -0.844. The van der Waals surface area contributed by atoms with E-state index < -0.39 is 15.3 Å². The van der Waals surface area contributed by atoms with E-state index in [1.807, 2.05) is 0 Å². The van der Waals surface area contributed by atoms with Gasteiger partial charge in [0.25, 0.3) is 0 Å². The maximum absolute atomic E-state index is 11.3. The van der Waals surface area contributed by atoms with Gasteiger partial charge in [-0.15, -0.1) is 0 Å². The van der Waals surface area contributed by atoms with E-state index in [9.17, 15) is 13.2 Å². The summed E-state index contributed by atoms with van der Waals surface area (Å²) in [7, 11) is -1.81. The topological polar surface area (TPSA) is 66.5 Å². The number of likely N-dealkylation sites (tertiary alicyclic amines) is 1. The minimum Gasteiger partial charge on any atom is -0.342 e. The van der Waals surface area contributed by atoms with E-state index in [0.29, 0.717) is 19.5 Å². The van der Waals surface area contributed by atoms with Crippen LogP contribution in [-0.2, 0) is 14.8 Å². The fraction of sp³-hybridized carbons (Fsp3) is 0.857. The van der Waals surface area contributed by atoms with Gasteiger partial charge in [-0.3, -0.25) is 4.79 Å². The van der Waals surface area contributed by atoms with Crippen LogP contribution in [0.1, 0.15) is 13.3 Å². The van der Waals surface area contributed by atoms with Crippen molar-refractivity contribution in [2.24, 2.45) is 0 Å². The highest BCUT2D eigenvalue weighted by atomic mass is 32.2. The summed E-state index contributed by atoms with van der Waals surface area (Å²) in [5.74, 6) is -0.0613. The summed E-state index contributed by atoms with van der Waals surface area (Å²) < 4.78 is 24.9. The Hall–Kier alpha value is -0.620. The highest BCUT2D eigenvalue weighted by molar-refractivity contribution is 7.90. The normalized spacial score (nSPS) is 23.5. The van der Waals surface area contributed by atoms with Gasteiger partial charge in [0.1, 0.15) is 0 Å². The smallest absolute Gasteiger partial charge is 0.219 e. The van der Waals surface area contributed by atoms with Crippen molar-refractivity contribution in [1.29, 1.82) is 0 Å². The Balaban J connectivity index is 2.65. The van der Waals surface area contributed by atoms with Gasteiger partial charge >= 0.3 is 0 Å². The zero-order valence-corrected chi connectivity index (χ0v) is 8.60. The molecule has 0 saturated carbocycles. The summed E-state index contributed by atoms with van der Waals surface area (Å²) in [6, 6.07) is 0. The molecule has 1 atom stereocenters. The molecule has 13 heavy (non-hydrogen) atoms. The minimum absolute atomic E-state index is 0.0613. The fourth-order valence-corrected chi connectivity index (χ4v) is 2.56. The number of sulfonamides is 1. The second kappa shape index (κ2) is 3.63. The Morgan fingerprint density at radius 1 is 1.54 bits per heavy atom. The zero-order valence-electron chi connectivity index (χ0n) is 7.78. The van der Waals surface area contributed by atoms with E-state index in [0.717, 1.165) is 0 Å². The standard InChI is InChI=1S/C7H14N2O3S/c1-6(10)9-4-3-7(5-9)13(11,12)8-2/h7-8H,3-5H2,1-2H3. The average molecular weight is 206 g/mol. The third-order valence-corrected chi connectivity index (χ3v) is 4.15. The van der Waals surface area contributed by atoms with Crippen molar-refractivity contribution in [1.82, 2.24) is 9.62 Å². The minimum atomic E-state index is -3.21. The van der Waals surface area contributed by atoms with Crippen LogP contribution >= 0.6 is 0 Å². The summed E-state index contributed by atoms with van der Waals surface area (Å²) in [6.45, 7) is 2.31. The van der Waals surface area contributed by atoms with Gasteiger partial charge in [0.2, 0.25) is 15.9 Å². The van der Waals surface area contributed by atoms with Crippen molar-refractivity contribution in [3.63, 3.8) is 0 Å². The highest BCUT2D eigenvalue weighted by Gasteiger charge is 2.32. The zero-order chi connectivity index (χ0) is 10.1. The first-order valence-electron chi connectivity index (χ1n) is 4.15. The molecular formula is C7H14N2O3S. The van der Waals surface area contributed by atoms with Gasteiger partial charge in [-0.05, 0) is 13.5 Å². The van der Waals surface area contributed by atoms with Crippen molar-refractivity contribution in [3.05, 3.63) is 0 Å². The number of amides is 1. The molecule has 1 aliphatic rings. The molecular weight excluding hydrogens is 192 g/mol. The lowest BCUT2D eigenvalue weighted by Gasteiger charge is -2.13. The summed E-state index contributed by atoms with van der Waals surface area (Å²) in [5, 5.41) is -0.443. The number of rotatable bonds is 2. The summed E-state index contributed by atoms with van der Waals surface area (Å²) in [5.41, 5.74) is 0. The first-order valence-corrected chi connectivity index (χ1v) is 5.70. The van der Waals surface area contributed by atoms with Crippen molar-refractivity contribution >= 4 is 15.9 Å². The third-order valence-electron chi connectivity index (χ3n) is 2.31. The van der Waals surface area contributed by atoms with Crippen LogP contribution in [0, 0.1) is 0 Å². The Kier molecular flexibility index (Phi) is 2.92. The molecule has 76 valence electrons. The Morgan fingerprint density at radius 3 is 2.54 bits per heavy atom. The van der Waals surface area contributed by atoms with E-state index in [2.05, 4.69) is 4.72 Å². The van der Waals surface area contributed by atoms with Crippen molar-refractivity contribution in [3.8, 4) is 0 Å². The van der Waals surface area contributed by atoms with E-state index in [4.69, 9.17) is 0 Å². The molecule has 0 aliphatic carbocycles. The molecule has 1 fully saturated rings. The van der Waals surface area contributed by atoms with Crippen LogP contribution in [0.25, 0.3) is 0 Å². The molecule has 1 saturated heterocycles. The first kappa shape index (κ1) is 10.5. The maximum Gasteiger partial charge on any atom is 0.219 e. The second-order valence-corrected chi connectivity index (χ2v) is 5.29. The summed E-state index contributed by atoms with van der Waals surface area (Å²) in [6.07, 6.45) is 0.531. The van der Waals surface area contributed by atoms with Crippen LogP contribution in [0.4, 0.5) is 0 Å². The molecule has 1 rings (SSSR count). The fourth-order valence-electron chi connectivity index (χ4n) is 1.43. The number of hydrogen-bond acceptors (Lipinski definition) is 3. The van der Waals surface area contributed by atoms with Crippen molar-refractivity contribution in [2.45, 2.75) is 18.6 Å². The van der Waals surface area contributed by atoms with Crippen molar-refractivity contribution < 1.29 is 13.2 Å². The van der Waals surface area contributed by atoms with Gasteiger partial charge in [0.05, 0.1) is 5.25 Å². The molecule has 1 N–H and O–H groups in total. The van der Waals surface area contributed by atoms with E-state index >= 15 is 0 Å². The Bertz CT molecular complexity index is 299. The van der Waals surface area contributed by atoms with E-state index in [1.165, 1.54) is 14.0 Å². The molecule has 0 aromatic carbocycles. The summed E-state index contributed by atoms with van der Waals surface area (Å²) >= 11 is 0. The highest BCUT2D eigenvalue weighted by Crippen LogP contribution is 2.15. The number of nitrogens with zero attached hydrogens (tertiary/aromatic N) is 1. The van der Waals surface area contributed by atoms with Crippen LogP contribution in [0.3, 0.4) is 0 Å². The molecule has 0 bridgehead atoms. The van der Waals surface area contributed by atoms with Gasteiger partial charge < -0.3 is 4.90 Å². The van der Waals surface area contributed by atoms with Gasteiger partial charge in [0.15, 0.2) is 0 Å². The van der Waals surface area contributed by atoms with Crippen molar-refractivity contribution in [2.75, 3.05) is 20.1 Å². The van der Waals surface area contributed by atoms with Gasteiger partial charge in [-0.25, -0.2) is 13.1 Å². The second-order valence-electron chi connectivity index (χ2n) is 3.12. The lowest BCUT2D eigenvalue weighted by Crippen LogP contribution is -2.35. The molecule has 0 aromatic rings. The van der Waals surface area contributed by atoms with E-state index in [-0.39, 0.29) is 5.91 Å². The third kappa shape index (κ3) is 2.19. The Morgan fingerprint density at radius 2 is 2.15 bits per heavy atom. The van der Waals surface area contributed by atoms with Gasteiger partial charge in [-0.2, -0.15) is 0 Å². The van der Waals surface area contributed by atoms with Crippen LogP contribution in [-0.4, -0.2) is 44.6 Å². The SMILES string of the molecule is CNS(=O)(=O)C1CCN(C(C)=O)C1. The average Bonchev–Trinajstić information content (AvgIpc) is 2.52. The molecule has 0 radical (unpaired) electrons. The molecule has 1 heterocycles. The quantitative estimate of drug-likeness (QED) is 0.640. The number of carbonyl (C=O) groups excluding carboxylic acids is 1. The largest absolute Gasteiger partial charge is 0.342 e. The lowest BCUT2D eigenvalue weighted by molar-refractivity contribution is -0.127. The lowest BCUT2D eigenvalue weighted by atomic mass is 10.4. The molecule has 1 aliphatic heterocycles. The Labute approximate surface area is 78.2 Å². The number of hydrogen-bond donors (Lipinski definition) is 1. The first-order chi connectivity index (χ1) is 5.97. The summed E-state index contributed by atoms with van der Waals surface area (Å²) in [4.78, 5) is 12.5. The number of nitrogens with one attached hydrogen (secondary N) is 1. The molecule has 6 heteroatoms. The van der Waals surface area contributed by atoms with Crippen LogP contribution in [0.2, 0.25) is 0 Å². The van der Waals surface area contributed by atoms with Gasteiger partial charge in [0, 0.05) is 20.0 Å². The number of carbonyl (C=O) groups is 1. The monoisotopic (exact) mass is 206 g/mol. The molecule has 1 amide bonds. The van der Waals surface area contributed by atoms with Gasteiger partial charge in [-0.1, -0.05) is 0 Å². The molecule has 1 unspecified atom stereocenters. The molecule has 0 aromatic heterocycles. The van der Waals surface area contributed by atoms with Crippen LogP contribution in [0.15, 0.2) is 0 Å². The predicted molar refractivity (Wildman–Crippen MR) is 48.6 cm³/mol. The molecule has 0 spiro atoms. The van der Waals surface area contributed by atoms with Crippen LogP contribution < -0.4 is 4.72 Å². The van der Waals surface area contributed by atoms with E-state index in [1.54, 1.807) is 4.90 Å². The van der Waals surface area contributed by atoms with Crippen LogP contribution in [0.5, 0.6) is 0 Å². The maximum atomic E-state index is 11.3.